The van der Waals surface area contributed by atoms with Gasteiger partial charge in [-0.25, -0.2) is 8.42 Å². The molecule has 11 heteroatoms. The Morgan fingerprint density at radius 1 is 1.03 bits per heavy atom. The third-order valence-electron chi connectivity index (χ3n) is 5.34. The number of nitrogens with one attached hydrogen (secondary N) is 1. The van der Waals surface area contributed by atoms with Gasteiger partial charge in [0, 0.05) is 24.3 Å². The summed E-state index contributed by atoms with van der Waals surface area (Å²) in [6.07, 6.45) is -4.51. The monoisotopic (exact) mass is 494 g/mol. The fraction of sp³-hybridized carbons (Fsp3) is 0.261. The van der Waals surface area contributed by atoms with Crippen LogP contribution in [0.15, 0.2) is 63.9 Å². The highest BCUT2D eigenvalue weighted by atomic mass is 32.2. The van der Waals surface area contributed by atoms with Crippen molar-refractivity contribution in [3.05, 3.63) is 71.5 Å². The average molecular weight is 494 g/mol. The number of hydrogen-bond donors (Lipinski definition) is 1. The van der Waals surface area contributed by atoms with E-state index in [0.717, 1.165) is 12.1 Å². The summed E-state index contributed by atoms with van der Waals surface area (Å²) < 4.78 is 77.0. The third kappa shape index (κ3) is 5.01. The van der Waals surface area contributed by atoms with Gasteiger partial charge in [0.25, 0.3) is 5.91 Å². The van der Waals surface area contributed by atoms with Gasteiger partial charge in [-0.2, -0.15) is 17.5 Å². The lowest BCUT2D eigenvalue weighted by atomic mass is 10.1. The van der Waals surface area contributed by atoms with Gasteiger partial charge >= 0.3 is 6.18 Å². The van der Waals surface area contributed by atoms with Crippen LogP contribution in [0.5, 0.6) is 0 Å². The molecule has 2 aromatic carbocycles. The van der Waals surface area contributed by atoms with Crippen molar-refractivity contribution < 1.29 is 35.5 Å². The van der Waals surface area contributed by atoms with E-state index >= 15 is 0 Å². The van der Waals surface area contributed by atoms with Gasteiger partial charge in [0.2, 0.25) is 10.0 Å². The van der Waals surface area contributed by atoms with Crippen LogP contribution in [-0.2, 0) is 20.9 Å². The molecule has 3 aromatic rings. The summed E-state index contributed by atoms with van der Waals surface area (Å²) in [6.45, 7) is 2.75. The molecule has 7 nitrogen and oxygen atoms in total. The maximum Gasteiger partial charge on any atom is 0.416 e. The van der Waals surface area contributed by atoms with Crippen molar-refractivity contribution in [2.24, 2.45) is 0 Å². The minimum Gasteiger partial charge on any atom is -0.451 e. The van der Waals surface area contributed by atoms with E-state index in [9.17, 15) is 26.4 Å². The first-order valence-corrected chi connectivity index (χ1v) is 11.8. The largest absolute Gasteiger partial charge is 0.451 e. The molecule has 2 heterocycles. The molecule has 1 N–H and O–H groups in total. The summed E-state index contributed by atoms with van der Waals surface area (Å²) in [5, 5.41) is 2.58. The standard InChI is InChI=1S/C23H21F3N2O5S/c1-15-5-6-18(14-21(15)34(30,31)28-9-11-32-12-10-28)27-22(29)20-8-7-19(33-20)16-3-2-4-17(13-16)23(24,25)26/h2-8,13-14H,9-12H2,1H3,(H,27,29). The number of ether oxygens (including phenoxy) is 1. The van der Waals surface area contributed by atoms with Crippen LogP contribution in [0.25, 0.3) is 11.3 Å². The van der Waals surface area contributed by atoms with Crippen LogP contribution in [-0.4, -0.2) is 44.9 Å². The fourth-order valence-corrected chi connectivity index (χ4v) is 5.20. The Bertz CT molecular complexity index is 1310. The molecule has 1 aliphatic heterocycles. The number of carbonyl (C=O) groups is 1. The van der Waals surface area contributed by atoms with E-state index in [0.29, 0.717) is 18.8 Å². The second-order valence-electron chi connectivity index (χ2n) is 7.69. The first-order chi connectivity index (χ1) is 16.1. The molecule has 1 saturated heterocycles. The Balaban J connectivity index is 1.54. The lowest BCUT2D eigenvalue weighted by molar-refractivity contribution is -0.137. The maximum absolute atomic E-state index is 13.0. The van der Waals surface area contributed by atoms with Gasteiger partial charge in [0.1, 0.15) is 5.76 Å². The predicted molar refractivity (Wildman–Crippen MR) is 118 cm³/mol. The van der Waals surface area contributed by atoms with E-state index in [1.54, 1.807) is 19.1 Å². The van der Waals surface area contributed by atoms with E-state index in [4.69, 9.17) is 9.15 Å². The van der Waals surface area contributed by atoms with E-state index in [-0.39, 0.29) is 40.8 Å². The SMILES string of the molecule is Cc1ccc(NC(=O)c2ccc(-c3cccc(C(F)(F)F)c3)o2)cc1S(=O)(=O)N1CCOCC1. The number of morpholine rings is 1. The van der Waals surface area contributed by atoms with E-state index in [1.165, 1.54) is 34.6 Å². The van der Waals surface area contributed by atoms with Gasteiger partial charge < -0.3 is 14.5 Å². The molecule has 0 spiro atoms. The van der Waals surface area contributed by atoms with Crippen LogP contribution < -0.4 is 5.32 Å². The minimum absolute atomic E-state index is 0.0660. The Morgan fingerprint density at radius 3 is 2.47 bits per heavy atom. The highest BCUT2D eigenvalue weighted by Crippen LogP contribution is 2.33. The van der Waals surface area contributed by atoms with E-state index in [1.807, 2.05) is 0 Å². The predicted octanol–water partition coefficient (Wildman–Crippen LogP) is 4.55. The summed E-state index contributed by atoms with van der Waals surface area (Å²) in [5.74, 6) is -0.710. The molecule has 1 amide bonds. The number of aryl methyl sites for hydroxylation is 1. The number of anilines is 1. The topological polar surface area (TPSA) is 88.8 Å². The Hall–Kier alpha value is -3.15. The van der Waals surface area contributed by atoms with Gasteiger partial charge in [-0.3, -0.25) is 4.79 Å². The van der Waals surface area contributed by atoms with Crippen molar-refractivity contribution in [1.82, 2.24) is 4.31 Å². The van der Waals surface area contributed by atoms with Crippen LogP contribution in [0, 0.1) is 6.92 Å². The van der Waals surface area contributed by atoms with Crippen LogP contribution >= 0.6 is 0 Å². The van der Waals surface area contributed by atoms with Crippen LogP contribution in [0.4, 0.5) is 18.9 Å². The maximum atomic E-state index is 13.0. The summed E-state index contributed by atoms with van der Waals surface area (Å²) in [6, 6.07) is 11.8. The smallest absolute Gasteiger partial charge is 0.416 e. The number of carbonyl (C=O) groups excluding carboxylic acids is 1. The third-order valence-corrected chi connectivity index (χ3v) is 7.38. The zero-order valence-corrected chi connectivity index (χ0v) is 18.9. The number of sulfonamides is 1. The van der Waals surface area contributed by atoms with Crippen LogP contribution in [0.2, 0.25) is 0 Å². The number of benzene rings is 2. The lowest BCUT2D eigenvalue weighted by Crippen LogP contribution is -2.40. The molecule has 0 unspecified atom stereocenters. The van der Waals surface area contributed by atoms with Crippen molar-refractivity contribution in [3.8, 4) is 11.3 Å². The molecule has 0 atom stereocenters. The summed E-state index contributed by atoms with van der Waals surface area (Å²) >= 11 is 0. The van der Waals surface area contributed by atoms with Crippen LogP contribution in [0.1, 0.15) is 21.7 Å². The van der Waals surface area contributed by atoms with Crippen molar-refractivity contribution in [2.45, 2.75) is 18.0 Å². The second kappa shape index (κ2) is 9.24. The number of alkyl halides is 3. The van der Waals surface area contributed by atoms with Gasteiger partial charge in [0.15, 0.2) is 5.76 Å². The van der Waals surface area contributed by atoms with Crippen molar-refractivity contribution in [2.75, 3.05) is 31.6 Å². The first-order valence-electron chi connectivity index (χ1n) is 10.3. The summed E-state index contributed by atoms with van der Waals surface area (Å²) in [4.78, 5) is 12.7. The molecule has 1 aromatic heterocycles. The first kappa shape index (κ1) is 24.0. The van der Waals surface area contributed by atoms with Gasteiger partial charge in [-0.1, -0.05) is 18.2 Å². The second-order valence-corrected chi connectivity index (χ2v) is 9.60. The fourth-order valence-electron chi connectivity index (χ4n) is 3.54. The number of halogens is 3. The zero-order valence-electron chi connectivity index (χ0n) is 18.1. The highest BCUT2D eigenvalue weighted by molar-refractivity contribution is 7.89. The lowest BCUT2D eigenvalue weighted by Gasteiger charge is -2.26. The molecular formula is C23H21F3N2O5S. The molecule has 4 rings (SSSR count). The molecule has 180 valence electrons. The molecule has 34 heavy (non-hydrogen) atoms. The molecule has 0 aliphatic carbocycles. The molecule has 0 saturated carbocycles. The molecule has 0 bridgehead atoms. The summed E-state index contributed by atoms with van der Waals surface area (Å²) in [7, 11) is -3.78. The van der Waals surface area contributed by atoms with Crippen molar-refractivity contribution >= 4 is 21.6 Å². The van der Waals surface area contributed by atoms with Crippen molar-refractivity contribution in [3.63, 3.8) is 0 Å². The normalized spacial score (nSPS) is 15.3. The molecule has 0 radical (unpaired) electrons. The summed E-state index contributed by atoms with van der Waals surface area (Å²) in [5.41, 5.74) is 0.0953. The van der Waals surface area contributed by atoms with Gasteiger partial charge in [-0.05, 0) is 48.9 Å². The molecule has 1 aliphatic rings. The highest BCUT2D eigenvalue weighted by Gasteiger charge is 2.31. The number of rotatable bonds is 5. The van der Waals surface area contributed by atoms with Crippen molar-refractivity contribution in [1.29, 1.82) is 0 Å². The quantitative estimate of drug-likeness (QED) is 0.562. The average Bonchev–Trinajstić information content (AvgIpc) is 3.31. The van der Waals surface area contributed by atoms with Crippen LogP contribution in [0.3, 0.4) is 0 Å². The van der Waals surface area contributed by atoms with Gasteiger partial charge in [0.05, 0.1) is 23.7 Å². The number of amides is 1. The Kier molecular flexibility index (Phi) is 6.52. The van der Waals surface area contributed by atoms with Gasteiger partial charge in [-0.15, -0.1) is 0 Å². The molecular weight excluding hydrogens is 473 g/mol. The number of furan rings is 1. The minimum atomic E-state index is -4.51. The van der Waals surface area contributed by atoms with E-state index in [2.05, 4.69) is 5.32 Å². The van der Waals surface area contributed by atoms with E-state index < -0.39 is 27.7 Å². The zero-order chi connectivity index (χ0) is 24.5. The number of nitrogens with zero attached hydrogens (tertiary/aromatic N) is 1. The Labute approximate surface area is 194 Å². The Morgan fingerprint density at radius 2 is 1.76 bits per heavy atom. The number of hydrogen-bond acceptors (Lipinski definition) is 5. The molecule has 1 fully saturated rings.